The molecule has 1 unspecified atom stereocenters. The Hall–Kier alpha value is -2.17. The van der Waals surface area contributed by atoms with Gasteiger partial charge in [-0.25, -0.2) is 4.79 Å². The number of carbonyl (C=O) groups excluding carboxylic acids is 2. The molecule has 0 fully saturated rings. The Morgan fingerprint density at radius 1 is 1.19 bits per heavy atom. The maximum atomic E-state index is 12.2. The molecule has 0 spiro atoms. The summed E-state index contributed by atoms with van der Waals surface area (Å²) in [5.74, 6) is -0.421. The van der Waals surface area contributed by atoms with Crippen molar-refractivity contribution >= 4 is 17.5 Å². The number of amides is 2. The average molecular weight is 291 g/mol. The Bertz CT molecular complexity index is 529. The number of aromatic hydroxyl groups is 1. The van der Waals surface area contributed by atoms with Crippen molar-refractivity contribution in [1.82, 2.24) is 5.32 Å². The van der Waals surface area contributed by atoms with Gasteiger partial charge in [-0.3, -0.25) is 4.79 Å². The highest BCUT2D eigenvalue weighted by Crippen LogP contribution is 2.11. The van der Waals surface area contributed by atoms with E-state index in [0.29, 0.717) is 6.42 Å². The van der Waals surface area contributed by atoms with E-state index in [1.165, 1.54) is 0 Å². The molecule has 0 aliphatic rings. The van der Waals surface area contributed by atoms with Crippen LogP contribution in [-0.2, 0) is 16.0 Å². The van der Waals surface area contributed by atoms with Gasteiger partial charge < -0.3 is 10.4 Å². The second-order valence-electron chi connectivity index (χ2n) is 5.58. The molecule has 1 aromatic carbocycles. The maximum absolute atomic E-state index is 12.2. The Morgan fingerprint density at radius 2 is 1.76 bits per heavy atom. The van der Waals surface area contributed by atoms with E-state index in [4.69, 9.17) is 0 Å². The lowest BCUT2D eigenvalue weighted by Gasteiger charge is -2.15. The van der Waals surface area contributed by atoms with Crippen molar-refractivity contribution in [2.24, 2.45) is 5.92 Å². The highest BCUT2D eigenvalue weighted by Gasteiger charge is 2.26. The van der Waals surface area contributed by atoms with Gasteiger partial charge in [0.1, 0.15) is 5.75 Å². The van der Waals surface area contributed by atoms with Gasteiger partial charge >= 0.3 is 5.91 Å². The summed E-state index contributed by atoms with van der Waals surface area (Å²) in [6.45, 7) is 7.14. The van der Waals surface area contributed by atoms with Crippen LogP contribution in [0.15, 0.2) is 24.3 Å². The second-order valence-corrected chi connectivity index (χ2v) is 5.58. The summed E-state index contributed by atoms with van der Waals surface area (Å²) in [5.41, 5.74) is 1.64. The van der Waals surface area contributed by atoms with Crippen LogP contribution in [0.5, 0.6) is 5.75 Å². The van der Waals surface area contributed by atoms with Crippen molar-refractivity contribution in [3.63, 3.8) is 0 Å². The molecule has 114 valence electrons. The molecule has 0 aliphatic heterocycles. The average Bonchev–Trinajstić information content (AvgIpc) is 2.39. The standard InChI is InChI=1S/C16H22N2O3/c1-10(2)15(20)18-14(16(21)17-11(3)4)9-12-5-7-13(19)8-6-12/h5-8,10,14,19H,9H2,1-4H3,(H,18,20)/p+1. The SMILES string of the molecule is CC(C)=[NH+]C(=O)C(Cc1ccc(O)cc1)NC(=O)C(C)C. The molecule has 5 nitrogen and oxygen atoms in total. The Morgan fingerprint density at radius 3 is 2.24 bits per heavy atom. The third-order valence-electron chi connectivity index (χ3n) is 2.91. The smallest absolute Gasteiger partial charge is 0.407 e. The molecule has 0 aliphatic carbocycles. The minimum absolute atomic E-state index is 0.164. The van der Waals surface area contributed by atoms with Crippen LogP contribution in [0, 0.1) is 5.92 Å². The molecular weight excluding hydrogens is 268 g/mol. The van der Waals surface area contributed by atoms with E-state index in [1.54, 1.807) is 52.0 Å². The first-order chi connectivity index (χ1) is 9.79. The Balaban J connectivity index is 2.90. The van der Waals surface area contributed by atoms with Crippen LogP contribution >= 0.6 is 0 Å². The number of carbonyl (C=O) groups is 2. The summed E-state index contributed by atoms with van der Waals surface area (Å²) >= 11 is 0. The summed E-state index contributed by atoms with van der Waals surface area (Å²) in [6, 6.07) is 5.95. The molecule has 5 heteroatoms. The molecule has 21 heavy (non-hydrogen) atoms. The molecule has 0 aromatic heterocycles. The van der Waals surface area contributed by atoms with Crippen LogP contribution in [0.3, 0.4) is 0 Å². The van der Waals surface area contributed by atoms with Gasteiger partial charge in [-0.1, -0.05) is 26.0 Å². The van der Waals surface area contributed by atoms with Gasteiger partial charge in [0, 0.05) is 26.2 Å². The van der Waals surface area contributed by atoms with E-state index in [2.05, 4.69) is 10.3 Å². The minimum atomic E-state index is -0.639. The third kappa shape index (κ3) is 5.77. The molecule has 0 bridgehead atoms. The van der Waals surface area contributed by atoms with E-state index in [1.807, 2.05) is 0 Å². The summed E-state index contributed by atoms with van der Waals surface area (Å²) in [7, 11) is 0. The fourth-order valence-corrected chi connectivity index (χ4v) is 1.75. The number of hydrogen-bond acceptors (Lipinski definition) is 3. The van der Waals surface area contributed by atoms with E-state index in [0.717, 1.165) is 11.3 Å². The van der Waals surface area contributed by atoms with E-state index >= 15 is 0 Å². The first-order valence-corrected chi connectivity index (χ1v) is 6.99. The molecule has 1 atom stereocenters. The summed E-state index contributed by atoms with van der Waals surface area (Å²) < 4.78 is 0. The number of phenols is 1. The van der Waals surface area contributed by atoms with Crippen LogP contribution in [0.2, 0.25) is 0 Å². The zero-order valence-electron chi connectivity index (χ0n) is 12.9. The molecule has 0 heterocycles. The number of phenolic OH excluding ortho intramolecular Hbond substituents is 1. The normalized spacial score (nSPS) is 11.9. The molecule has 1 rings (SSSR count). The van der Waals surface area contributed by atoms with Gasteiger partial charge in [0.15, 0.2) is 11.8 Å². The predicted octanol–water partition coefficient (Wildman–Crippen LogP) is 0.164. The molecule has 0 saturated heterocycles. The molecular formula is C16H23N2O3+. The quantitative estimate of drug-likeness (QED) is 0.676. The second kappa shape index (κ2) is 7.57. The summed E-state index contributed by atoms with van der Waals surface area (Å²) in [4.78, 5) is 26.8. The fourth-order valence-electron chi connectivity index (χ4n) is 1.75. The number of hydrogen-bond donors (Lipinski definition) is 3. The van der Waals surface area contributed by atoms with Crippen molar-refractivity contribution in [1.29, 1.82) is 0 Å². The van der Waals surface area contributed by atoms with Crippen molar-refractivity contribution in [2.75, 3.05) is 0 Å². The number of nitrogens with one attached hydrogen (secondary N) is 2. The highest BCUT2D eigenvalue weighted by atomic mass is 16.3. The monoisotopic (exact) mass is 291 g/mol. The van der Waals surface area contributed by atoms with Gasteiger partial charge in [0.2, 0.25) is 5.91 Å². The van der Waals surface area contributed by atoms with Gasteiger partial charge in [-0.15, -0.1) is 0 Å². The Labute approximate surface area is 125 Å². The number of rotatable bonds is 5. The molecule has 1 aromatic rings. The molecule has 0 radical (unpaired) electrons. The predicted molar refractivity (Wildman–Crippen MR) is 80.9 cm³/mol. The molecule has 3 N–H and O–H groups in total. The summed E-state index contributed by atoms with van der Waals surface area (Å²) in [5, 5.41) is 12.0. The van der Waals surface area contributed by atoms with Crippen molar-refractivity contribution in [3.05, 3.63) is 29.8 Å². The zero-order chi connectivity index (χ0) is 16.0. The topological polar surface area (TPSA) is 80.4 Å². The van der Waals surface area contributed by atoms with Crippen molar-refractivity contribution in [3.8, 4) is 5.75 Å². The molecule has 2 amide bonds. The first kappa shape index (κ1) is 16.9. The third-order valence-corrected chi connectivity index (χ3v) is 2.91. The fraction of sp³-hybridized carbons (Fsp3) is 0.438. The lowest BCUT2D eigenvalue weighted by Crippen LogP contribution is -2.81. The van der Waals surface area contributed by atoms with Crippen LogP contribution < -0.4 is 10.3 Å². The highest BCUT2D eigenvalue weighted by molar-refractivity contribution is 5.86. The lowest BCUT2D eigenvalue weighted by molar-refractivity contribution is -0.380. The van der Waals surface area contributed by atoms with Crippen LogP contribution in [0.25, 0.3) is 0 Å². The van der Waals surface area contributed by atoms with Crippen LogP contribution in [0.1, 0.15) is 33.3 Å². The van der Waals surface area contributed by atoms with Crippen molar-refractivity contribution in [2.45, 2.75) is 40.2 Å². The Kier molecular flexibility index (Phi) is 6.09. The van der Waals surface area contributed by atoms with Gasteiger partial charge in [-0.2, -0.15) is 4.99 Å². The van der Waals surface area contributed by atoms with Gasteiger partial charge in [0.05, 0.1) is 0 Å². The van der Waals surface area contributed by atoms with Crippen LogP contribution in [0.4, 0.5) is 0 Å². The number of benzene rings is 1. The lowest BCUT2D eigenvalue weighted by atomic mass is 10.0. The molecule has 0 saturated carbocycles. The minimum Gasteiger partial charge on any atom is -0.508 e. The summed E-state index contributed by atoms with van der Waals surface area (Å²) in [6.07, 6.45) is 0.373. The van der Waals surface area contributed by atoms with E-state index in [9.17, 15) is 14.7 Å². The zero-order valence-corrected chi connectivity index (χ0v) is 12.9. The van der Waals surface area contributed by atoms with Crippen molar-refractivity contribution < 1.29 is 19.7 Å². The first-order valence-electron chi connectivity index (χ1n) is 6.99. The van der Waals surface area contributed by atoms with Crippen LogP contribution in [-0.4, -0.2) is 28.7 Å². The van der Waals surface area contributed by atoms with E-state index in [-0.39, 0.29) is 23.5 Å². The van der Waals surface area contributed by atoms with E-state index < -0.39 is 6.04 Å². The maximum Gasteiger partial charge on any atom is 0.407 e. The van der Waals surface area contributed by atoms with Gasteiger partial charge in [0.25, 0.3) is 0 Å². The van der Waals surface area contributed by atoms with Gasteiger partial charge in [-0.05, 0) is 17.7 Å². The largest absolute Gasteiger partial charge is 0.508 e.